The van der Waals surface area contributed by atoms with E-state index in [2.05, 4.69) is 11.8 Å². The van der Waals surface area contributed by atoms with Crippen molar-refractivity contribution in [3.05, 3.63) is 0 Å². The zero-order valence-electron chi connectivity index (χ0n) is 10.2. The number of aliphatic hydroxyl groups excluding tert-OH is 1. The van der Waals surface area contributed by atoms with Crippen LogP contribution < -0.4 is 0 Å². The van der Waals surface area contributed by atoms with Gasteiger partial charge in [0.05, 0.1) is 0 Å². The third-order valence-corrected chi connectivity index (χ3v) is 4.64. The molecule has 2 heteroatoms. The average molecular weight is 211 g/mol. The molecule has 1 saturated carbocycles. The highest BCUT2D eigenvalue weighted by Gasteiger charge is 2.34. The number of nitrogens with zero attached hydrogens (tertiary/aromatic N) is 1. The maximum atomic E-state index is 9.98. The molecule has 3 atom stereocenters. The van der Waals surface area contributed by atoms with Crippen molar-refractivity contribution in [3.63, 3.8) is 0 Å². The van der Waals surface area contributed by atoms with Gasteiger partial charge >= 0.3 is 0 Å². The van der Waals surface area contributed by atoms with Crippen LogP contribution >= 0.6 is 0 Å². The van der Waals surface area contributed by atoms with Gasteiger partial charge in [-0.2, -0.15) is 0 Å². The van der Waals surface area contributed by atoms with E-state index in [9.17, 15) is 5.11 Å². The summed E-state index contributed by atoms with van der Waals surface area (Å²) in [7, 11) is 2.05. The molecule has 88 valence electrons. The Morgan fingerprint density at radius 3 is 2.27 bits per heavy atom. The fourth-order valence-electron chi connectivity index (χ4n) is 3.42. The van der Waals surface area contributed by atoms with Gasteiger partial charge in [-0.15, -0.1) is 0 Å². The fraction of sp³-hybridized carbons (Fsp3) is 1.00. The SMILES string of the molecule is C[C@@H]1C[C@H](C2CCCCC2)C[C@H](O)N1C. The minimum absolute atomic E-state index is 0.194. The molecule has 0 bridgehead atoms. The molecule has 2 aliphatic rings. The lowest BCUT2D eigenvalue weighted by Gasteiger charge is -2.43. The number of likely N-dealkylation sites (tertiary alicyclic amines) is 1. The highest BCUT2D eigenvalue weighted by atomic mass is 16.3. The lowest BCUT2D eigenvalue weighted by Crippen LogP contribution is -2.47. The van der Waals surface area contributed by atoms with Crippen molar-refractivity contribution in [2.24, 2.45) is 11.8 Å². The molecule has 15 heavy (non-hydrogen) atoms. The summed E-state index contributed by atoms with van der Waals surface area (Å²) >= 11 is 0. The molecule has 1 saturated heterocycles. The molecule has 0 spiro atoms. The minimum Gasteiger partial charge on any atom is -0.378 e. The van der Waals surface area contributed by atoms with Crippen molar-refractivity contribution < 1.29 is 5.11 Å². The van der Waals surface area contributed by atoms with Gasteiger partial charge in [0.2, 0.25) is 0 Å². The van der Waals surface area contributed by atoms with Crippen LogP contribution in [-0.2, 0) is 0 Å². The zero-order valence-corrected chi connectivity index (χ0v) is 10.2. The first-order valence-corrected chi connectivity index (χ1v) is 6.58. The summed E-state index contributed by atoms with van der Waals surface area (Å²) in [6, 6.07) is 0.556. The predicted octanol–water partition coefficient (Wildman–Crippen LogP) is 2.62. The van der Waals surface area contributed by atoms with Crippen LogP contribution in [0.2, 0.25) is 0 Å². The summed E-state index contributed by atoms with van der Waals surface area (Å²) in [5.41, 5.74) is 0. The Kier molecular flexibility index (Phi) is 3.68. The molecule has 1 N–H and O–H groups in total. The maximum Gasteiger partial charge on any atom is 0.107 e. The number of rotatable bonds is 1. The Bertz CT molecular complexity index is 189. The van der Waals surface area contributed by atoms with E-state index < -0.39 is 0 Å². The first-order valence-electron chi connectivity index (χ1n) is 6.58. The quantitative estimate of drug-likeness (QED) is 0.720. The monoisotopic (exact) mass is 211 g/mol. The third kappa shape index (κ3) is 2.54. The van der Waals surface area contributed by atoms with Crippen LogP contribution in [-0.4, -0.2) is 29.3 Å². The molecular weight excluding hydrogens is 186 g/mol. The molecule has 0 radical (unpaired) electrons. The second-order valence-corrected chi connectivity index (χ2v) is 5.62. The summed E-state index contributed by atoms with van der Waals surface area (Å²) in [5, 5.41) is 9.98. The largest absolute Gasteiger partial charge is 0.378 e. The van der Waals surface area contributed by atoms with Crippen LogP contribution in [0.15, 0.2) is 0 Å². The van der Waals surface area contributed by atoms with Crippen molar-refractivity contribution in [2.45, 2.75) is 64.1 Å². The van der Waals surface area contributed by atoms with E-state index in [4.69, 9.17) is 0 Å². The van der Waals surface area contributed by atoms with Crippen molar-refractivity contribution in [3.8, 4) is 0 Å². The Balaban J connectivity index is 1.92. The van der Waals surface area contributed by atoms with Gasteiger partial charge in [-0.05, 0) is 38.6 Å². The number of hydrogen-bond donors (Lipinski definition) is 1. The van der Waals surface area contributed by atoms with Gasteiger partial charge in [-0.1, -0.05) is 32.1 Å². The minimum atomic E-state index is -0.194. The topological polar surface area (TPSA) is 23.5 Å². The standard InChI is InChI=1S/C13H25NO/c1-10-8-12(9-13(15)14(10)2)11-6-4-3-5-7-11/h10-13,15H,3-9H2,1-2H3/t10-,12+,13+/m1/s1. The van der Waals surface area contributed by atoms with E-state index in [1.807, 2.05) is 7.05 Å². The summed E-state index contributed by atoms with van der Waals surface area (Å²) in [6.07, 6.45) is 9.19. The molecular formula is C13H25NO. The van der Waals surface area contributed by atoms with E-state index in [0.717, 1.165) is 18.3 Å². The van der Waals surface area contributed by atoms with E-state index in [1.165, 1.54) is 38.5 Å². The van der Waals surface area contributed by atoms with E-state index in [1.54, 1.807) is 0 Å². The first-order chi connectivity index (χ1) is 7.18. The predicted molar refractivity (Wildman–Crippen MR) is 62.5 cm³/mol. The van der Waals surface area contributed by atoms with Crippen molar-refractivity contribution >= 4 is 0 Å². The van der Waals surface area contributed by atoms with Gasteiger partial charge in [0.1, 0.15) is 6.23 Å². The van der Waals surface area contributed by atoms with Crippen LogP contribution in [0, 0.1) is 11.8 Å². The Labute approximate surface area is 93.7 Å². The smallest absolute Gasteiger partial charge is 0.107 e. The summed E-state index contributed by atoms with van der Waals surface area (Å²) in [4.78, 5) is 2.12. The summed E-state index contributed by atoms with van der Waals surface area (Å²) in [5.74, 6) is 1.69. The van der Waals surface area contributed by atoms with Gasteiger partial charge in [0.25, 0.3) is 0 Å². The van der Waals surface area contributed by atoms with Gasteiger partial charge in [-0.3, -0.25) is 4.90 Å². The molecule has 2 nitrogen and oxygen atoms in total. The second kappa shape index (κ2) is 4.84. The average Bonchev–Trinajstić information content (AvgIpc) is 2.26. The van der Waals surface area contributed by atoms with Crippen LogP contribution in [0.1, 0.15) is 51.9 Å². The van der Waals surface area contributed by atoms with Crippen molar-refractivity contribution in [1.29, 1.82) is 0 Å². The molecule has 2 fully saturated rings. The van der Waals surface area contributed by atoms with Gasteiger partial charge in [-0.25, -0.2) is 0 Å². The molecule has 2 rings (SSSR count). The van der Waals surface area contributed by atoms with Crippen LogP contribution in [0.25, 0.3) is 0 Å². The van der Waals surface area contributed by atoms with Crippen LogP contribution in [0.4, 0.5) is 0 Å². The van der Waals surface area contributed by atoms with Gasteiger partial charge in [0.15, 0.2) is 0 Å². The number of hydrogen-bond acceptors (Lipinski definition) is 2. The molecule has 1 aliphatic heterocycles. The molecule has 0 aromatic heterocycles. The lowest BCUT2D eigenvalue weighted by molar-refractivity contribution is -0.0667. The zero-order chi connectivity index (χ0) is 10.8. The number of aliphatic hydroxyl groups is 1. The molecule has 0 unspecified atom stereocenters. The van der Waals surface area contributed by atoms with E-state index in [-0.39, 0.29) is 6.23 Å². The van der Waals surface area contributed by atoms with Gasteiger partial charge in [0, 0.05) is 6.04 Å². The normalized spacial score (nSPS) is 40.6. The van der Waals surface area contributed by atoms with Gasteiger partial charge < -0.3 is 5.11 Å². The van der Waals surface area contributed by atoms with Crippen molar-refractivity contribution in [2.75, 3.05) is 7.05 Å². The van der Waals surface area contributed by atoms with Crippen molar-refractivity contribution in [1.82, 2.24) is 4.90 Å². The Morgan fingerprint density at radius 2 is 1.67 bits per heavy atom. The Morgan fingerprint density at radius 1 is 1.00 bits per heavy atom. The lowest BCUT2D eigenvalue weighted by atomic mass is 9.74. The molecule has 0 aromatic rings. The highest BCUT2D eigenvalue weighted by molar-refractivity contribution is 4.84. The van der Waals surface area contributed by atoms with E-state index >= 15 is 0 Å². The Hall–Kier alpha value is -0.0800. The van der Waals surface area contributed by atoms with E-state index in [0.29, 0.717) is 6.04 Å². The van der Waals surface area contributed by atoms with Crippen LogP contribution in [0.5, 0.6) is 0 Å². The maximum absolute atomic E-state index is 9.98. The fourth-order valence-corrected chi connectivity index (χ4v) is 3.42. The summed E-state index contributed by atoms with van der Waals surface area (Å²) in [6.45, 7) is 2.25. The molecule has 0 aromatic carbocycles. The third-order valence-electron chi connectivity index (χ3n) is 4.64. The molecule has 0 amide bonds. The molecule has 1 heterocycles. The second-order valence-electron chi connectivity index (χ2n) is 5.62. The summed E-state index contributed by atoms with van der Waals surface area (Å²) < 4.78 is 0. The number of piperidine rings is 1. The molecule has 1 aliphatic carbocycles. The highest BCUT2D eigenvalue weighted by Crippen LogP contribution is 2.38. The van der Waals surface area contributed by atoms with Crippen LogP contribution in [0.3, 0.4) is 0 Å². The first kappa shape index (κ1) is 11.4.